The van der Waals surface area contributed by atoms with Crippen LogP contribution in [0.25, 0.3) is 0 Å². The van der Waals surface area contributed by atoms with Crippen LogP contribution in [0.3, 0.4) is 0 Å². The van der Waals surface area contributed by atoms with Crippen molar-refractivity contribution in [1.29, 1.82) is 0 Å². The first-order chi connectivity index (χ1) is 34.7. The summed E-state index contributed by atoms with van der Waals surface area (Å²) in [4.78, 5) is 12.5. The molecule has 0 aliphatic heterocycles. The number of unbranched alkanes of at least 4 members (excludes halogenated alkanes) is 43. The molecule has 4 heteroatoms. The second-order valence-electron chi connectivity index (χ2n) is 21.5. The van der Waals surface area contributed by atoms with Crippen LogP contribution in [0.15, 0.2) is 60.8 Å². The lowest BCUT2D eigenvalue weighted by Crippen LogP contribution is -2.45. The van der Waals surface area contributed by atoms with Crippen molar-refractivity contribution in [3.63, 3.8) is 0 Å². The fraction of sp³-hybridized carbons (Fsp3) is 0.833. The smallest absolute Gasteiger partial charge is 0.220 e. The Morgan fingerprint density at radius 3 is 0.914 bits per heavy atom. The van der Waals surface area contributed by atoms with Gasteiger partial charge in [-0.3, -0.25) is 4.79 Å². The van der Waals surface area contributed by atoms with Crippen LogP contribution in [-0.4, -0.2) is 34.9 Å². The van der Waals surface area contributed by atoms with Crippen molar-refractivity contribution in [2.24, 2.45) is 0 Å². The zero-order valence-electron chi connectivity index (χ0n) is 47.3. The number of hydrogen-bond acceptors (Lipinski definition) is 3. The Kier molecular flexibility index (Phi) is 59.7. The summed E-state index contributed by atoms with van der Waals surface area (Å²) >= 11 is 0. The molecule has 3 N–H and O–H groups in total. The number of hydrogen-bond donors (Lipinski definition) is 3. The summed E-state index contributed by atoms with van der Waals surface area (Å²) in [7, 11) is 0. The van der Waals surface area contributed by atoms with Gasteiger partial charge in [-0.05, 0) is 77.0 Å². The van der Waals surface area contributed by atoms with E-state index in [0.29, 0.717) is 6.42 Å². The van der Waals surface area contributed by atoms with Crippen LogP contribution in [-0.2, 0) is 4.79 Å². The van der Waals surface area contributed by atoms with Gasteiger partial charge >= 0.3 is 0 Å². The molecular weight excluding hydrogens is 855 g/mol. The lowest BCUT2D eigenvalue weighted by molar-refractivity contribution is -0.123. The number of rotatable bonds is 58. The van der Waals surface area contributed by atoms with Crippen molar-refractivity contribution >= 4 is 5.91 Å². The Balaban J connectivity index is 3.50. The summed E-state index contributed by atoms with van der Waals surface area (Å²) in [5.41, 5.74) is 0. The van der Waals surface area contributed by atoms with E-state index in [-0.39, 0.29) is 12.5 Å². The predicted molar refractivity (Wildman–Crippen MR) is 313 cm³/mol. The number of nitrogens with one attached hydrogen (secondary N) is 1. The Morgan fingerprint density at radius 1 is 0.343 bits per heavy atom. The molecule has 0 bridgehead atoms. The zero-order valence-corrected chi connectivity index (χ0v) is 47.3. The molecule has 0 aliphatic rings. The van der Waals surface area contributed by atoms with Crippen molar-refractivity contribution in [2.75, 3.05) is 6.61 Å². The molecule has 2 unspecified atom stereocenters. The maximum absolute atomic E-state index is 12.5. The zero-order chi connectivity index (χ0) is 50.6. The van der Waals surface area contributed by atoms with Crippen molar-refractivity contribution in [1.82, 2.24) is 5.32 Å². The number of allylic oxidation sites excluding steroid dienone is 9. The average molecular weight is 979 g/mol. The molecule has 0 rings (SSSR count). The van der Waals surface area contributed by atoms with E-state index in [1.807, 2.05) is 6.08 Å². The van der Waals surface area contributed by atoms with Crippen molar-refractivity contribution in [3.05, 3.63) is 60.8 Å². The van der Waals surface area contributed by atoms with Crippen molar-refractivity contribution in [3.8, 4) is 0 Å². The highest BCUT2D eigenvalue weighted by molar-refractivity contribution is 5.76. The number of carbonyl (C=O) groups excluding carboxylic acids is 1. The molecule has 0 fully saturated rings. The summed E-state index contributed by atoms with van der Waals surface area (Å²) in [6.45, 7) is 4.31. The van der Waals surface area contributed by atoms with Crippen LogP contribution in [0.1, 0.15) is 335 Å². The monoisotopic (exact) mass is 978 g/mol. The molecular formula is C66H123NO3. The first-order valence-corrected chi connectivity index (χ1v) is 31.5. The van der Waals surface area contributed by atoms with Gasteiger partial charge in [0.05, 0.1) is 18.8 Å². The summed E-state index contributed by atoms with van der Waals surface area (Å²) in [5, 5.41) is 23.2. The molecule has 70 heavy (non-hydrogen) atoms. The molecule has 0 saturated carbocycles. The molecule has 0 heterocycles. The first-order valence-electron chi connectivity index (χ1n) is 31.5. The van der Waals surface area contributed by atoms with Gasteiger partial charge in [-0.25, -0.2) is 0 Å². The average Bonchev–Trinajstić information content (AvgIpc) is 3.36. The molecule has 0 aromatic carbocycles. The Labute approximate surface area is 438 Å². The fourth-order valence-electron chi connectivity index (χ4n) is 9.66. The molecule has 2 atom stereocenters. The summed E-state index contributed by atoms with van der Waals surface area (Å²) in [6.07, 6.45) is 87.0. The van der Waals surface area contributed by atoms with Crippen molar-refractivity contribution in [2.45, 2.75) is 347 Å². The van der Waals surface area contributed by atoms with E-state index in [2.05, 4.69) is 67.8 Å². The lowest BCUT2D eigenvalue weighted by Gasteiger charge is -2.19. The third-order valence-electron chi connectivity index (χ3n) is 14.5. The standard InChI is InChI=1S/C66H123NO3/c1-3-5-7-9-11-13-15-17-19-21-23-25-27-29-30-31-32-33-34-35-36-38-40-42-44-46-48-50-52-54-56-58-60-62-66(70)67-64(63-68)65(69)61-59-57-55-53-51-49-47-45-43-41-39-37-28-26-24-22-20-18-16-14-12-10-8-6-4-2/h15,17,21,23,43,45,51,53,59,61,64-65,68-69H,3-14,16,18-20,22,24-42,44,46-50,52,54-58,60,62-63H2,1-2H3,(H,67,70)/b17-15-,23-21-,45-43+,53-51+,61-59+. The van der Waals surface area contributed by atoms with Crippen LogP contribution < -0.4 is 5.32 Å². The number of amides is 1. The van der Waals surface area contributed by atoms with Gasteiger partial charge < -0.3 is 15.5 Å². The van der Waals surface area contributed by atoms with Crippen LogP contribution in [0.4, 0.5) is 0 Å². The Morgan fingerprint density at radius 2 is 0.600 bits per heavy atom. The third kappa shape index (κ3) is 57.0. The fourth-order valence-corrected chi connectivity index (χ4v) is 9.66. The largest absolute Gasteiger partial charge is 0.394 e. The highest BCUT2D eigenvalue weighted by Crippen LogP contribution is 2.17. The molecule has 0 radical (unpaired) electrons. The van der Waals surface area contributed by atoms with Gasteiger partial charge in [-0.15, -0.1) is 0 Å². The maximum Gasteiger partial charge on any atom is 0.220 e. The van der Waals surface area contributed by atoms with Gasteiger partial charge in [-0.2, -0.15) is 0 Å². The van der Waals surface area contributed by atoms with E-state index in [0.717, 1.165) is 44.9 Å². The summed E-state index contributed by atoms with van der Waals surface area (Å²) in [6, 6.07) is -0.647. The van der Waals surface area contributed by atoms with E-state index in [1.165, 1.54) is 270 Å². The third-order valence-corrected chi connectivity index (χ3v) is 14.5. The van der Waals surface area contributed by atoms with Crippen LogP contribution in [0.2, 0.25) is 0 Å². The van der Waals surface area contributed by atoms with Gasteiger partial charge in [0.2, 0.25) is 5.91 Å². The topological polar surface area (TPSA) is 69.6 Å². The van der Waals surface area contributed by atoms with E-state index < -0.39 is 12.1 Å². The van der Waals surface area contributed by atoms with Crippen LogP contribution in [0.5, 0.6) is 0 Å². The van der Waals surface area contributed by atoms with Crippen LogP contribution in [0, 0.1) is 0 Å². The van der Waals surface area contributed by atoms with Gasteiger partial charge in [-0.1, -0.05) is 312 Å². The van der Waals surface area contributed by atoms with Gasteiger partial charge in [0.15, 0.2) is 0 Å². The second-order valence-corrected chi connectivity index (χ2v) is 21.5. The second kappa shape index (κ2) is 61.4. The van der Waals surface area contributed by atoms with E-state index in [9.17, 15) is 15.0 Å². The lowest BCUT2D eigenvalue weighted by atomic mass is 10.0. The van der Waals surface area contributed by atoms with Gasteiger partial charge in [0, 0.05) is 6.42 Å². The van der Waals surface area contributed by atoms with Gasteiger partial charge in [0.25, 0.3) is 0 Å². The number of carbonyl (C=O) groups is 1. The molecule has 0 aromatic heterocycles. The Bertz CT molecular complexity index is 1150. The SMILES string of the molecule is CCCCCCC/C=C\C/C=C\CCCCCCCCCCCCCCCCCCCCCCCC(=O)NC(CO)C(O)/C=C/CC/C=C/CC/C=C/CCCCCCCCCCCCCCCCC. The van der Waals surface area contributed by atoms with Gasteiger partial charge in [0.1, 0.15) is 0 Å². The minimum absolute atomic E-state index is 0.0731. The summed E-state index contributed by atoms with van der Waals surface area (Å²) in [5.74, 6) is -0.0731. The highest BCUT2D eigenvalue weighted by atomic mass is 16.3. The summed E-state index contributed by atoms with van der Waals surface area (Å²) < 4.78 is 0. The predicted octanol–water partition coefficient (Wildman–Crippen LogP) is 21.2. The molecule has 410 valence electrons. The molecule has 0 aliphatic carbocycles. The van der Waals surface area contributed by atoms with Crippen LogP contribution >= 0.6 is 0 Å². The minimum atomic E-state index is -0.872. The minimum Gasteiger partial charge on any atom is -0.394 e. The van der Waals surface area contributed by atoms with E-state index in [4.69, 9.17) is 0 Å². The highest BCUT2D eigenvalue weighted by Gasteiger charge is 2.18. The van der Waals surface area contributed by atoms with Crippen molar-refractivity contribution < 1.29 is 15.0 Å². The number of aliphatic hydroxyl groups excluding tert-OH is 2. The molecule has 1 amide bonds. The van der Waals surface area contributed by atoms with E-state index >= 15 is 0 Å². The number of aliphatic hydroxyl groups is 2. The Hall–Kier alpha value is -1.91. The normalized spacial score (nSPS) is 13.1. The first kappa shape index (κ1) is 68.1. The molecule has 4 nitrogen and oxygen atoms in total. The maximum atomic E-state index is 12.5. The molecule has 0 aromatic rings. The molecule has 0 spiro atoms. The van der Waals surface area contributed by atoms with E-state index in [1.54, 1.807) is 6.08 Å². The molecule has 0 saturated heterocycles. The quantitative estimate of drug-likeness (QED) is 0.0420.